The average molecular weight is 240 g/mol. The Balaban J connectivity index is 3.95. The highest BCUT2D eigenvalue weighted by Gasteiger charge is 2.37. The van der Waals surface area contributed by atoms with Gasteiger partial charge in [0.1, 0.15) is 10.5 Å². The molecular formula is C6H20O4Si3. The van der Waals surface area contributed by atoms with Gasteiger partial charge in [0.15, 0.2) is 9.04 Å². The highest BCUT2D eigenvalue weighted by molar-refractivity contribution is 6.63. The molecule has 0 saturated carbocycles. The quantitative estimate of drug-likeness (QED) is 0.563. The minimum atomic E-state index is -2.33. The van der Waals surface area contributed by atoms with Crippen molar-refractivity contribution in [3.05, 3.63) is 0 Å². The summed E-state index contributed by atoms with van der Waals surface area (Å²) in [6.07, 6.45) is 0. The monoisotopic (exact) mass is 240 g/mol. The highest BCUT2D eigenvalue weighted by Crippen LogP contribution is 2.16. The second-order valence-corrected chi connectivity index (χ2v) is 10.1. The fourth-order valence-corrected chi connectivity index (χ4v) is 6.15. The van der Waals surface area contributed by atoms with Crippen molar-refractivity contribution in [1.82, 2.24) is 0 Å². The Hall–Kier alpha value is 0.491. The molecule has 0 N–H and O–H groups in total. The van der Waals surface area contributed by atoms with E-state index in [4.69, 9.17) is 17.4 Å². The Bertz CT molecular complexity index is 123. The zero-order valence-electron chi connectivity index (χ0n) is 9.12. The molecule has 0 aliphatic rings. The molecule has 0 aromatic heterocycles. The fraction of sp³-hybridized carbons (Fsp3) is 1.00. The molecule has 0 spiro atoms. The molecule has 0 bridgehead atoms. The second kappa shape index (κ2) is 6.87. The minimum absolute atomic E-state index is 0.833. The van der Waals surface area contributed by atoms with E-state index in [9.17, 15) is 0 Å². The average Bonchev–Trinajstić information content (AvgIpc) is 2.20. The van der Waals surface area contributed by atoms with E-state index in [-0.39, 0.29) is 0 Å². The molecule has 0 aliphatic carbocycles. The molecule has 0 heterocycles. The van der Waals surface area contributed by atoms with Crippen molar-refractivity contribution in [3.8, 4) is 0 Å². The van der Waals surface area contributed by atoms with Crippen LogP contribution in [-0.4, -0.2) is 49.7 Å². The zero-order chi connectivity index (χ0) is 10.3. The van der Waals surface area contributed by atoms with Gasteiger partial charge in [0.25, 0.3) is 0 Å². The maximum atomic E-state index is 5.41. The van der Waals surface area contributed by atoms with Crippen molar-refractivity contribution in [2.75, 3.05) is 21.3 Å². The van der Waals surface area contributed by atoms with Crippen molar-refractivity contribution in [2.45, 2.75) is 18.6 Å². The first kappa shape index (κ1) is 13.5. The SMILES string of the molecule is CO[Si](CC[SiH](C)O[SiH3])(OC)OC. The first-order valence-electron chi connectivity index (χ1n) is 4.32. The van der Waals surface area contributed by atoms with E-state index < -0.39 is 17.8 Å². The van der Waals surface area contributed by atoms with Crippen LogP contribution in [0.5, 0.6) is 0 Å². The van der Waals surface area contributed by atoms with E-state index in [2.05, 4.69) is 6.55 Å². The van der Waals surface area contributed by atoms with Gasteiger partial charge in [-0.1, -0.05) is 0 Å². The van der Waals surface area contributed by atoms with Gasteiger partial charge in [-0.2, -0.15) is 0 Å². The molecule has 0 aromatic carbocycles. The maximum Gasteiger partial charge on any atom is 0.499 e. The third-order valence-corrected chi connectivity index (χ3v) is 9.86. The third kappa shape index (κ3) is 4.49. The van der Waals surface area contributed by atoms with Gasteiger partial charge in [-0.05, 0) is 12.6 Å². The van der Waals surface area contributed by atoms with Gasteiger partial charge in [0.2, 0.25) is 0 Å². The molecule has 13 heavy (non-hydrogen) atoms. The summed E-state index contributed by atoms with van der Waals surface area (Å²) < 4.78 is 21.3. The van der Waals surface area contributed by atoms with E-state index >= 15 is 0 Å². The van der Waals surface area contributed by atoms with Crippen molar-refractivity contribution in [3.63, 3.8) is 0 Å². The Kier molecular flexibility index (Phi) is 7.13. The lowest BCUT2D eigenvalue weighted by Gasteiger charge is -2.25. The van der Waals surface area contributed by atoms with Gasteiger partial charge in [0, 0.05) is 27.4 Å². The predicted octanol–water partition coefficient (Wildman–Crippen LogP) is -0.485. The molecule has 0 fully saturated rings. The molecule has 1 atom stereocenters. The Morgan fingerprint density at radius 2 is 1.62 bits per heavy atom. The van der Waals surface area contributed by atoms with Gasteiger partial charge in [-0.15, -0.1) is 0 Å². The number of hydrogen-bond donors (Lipinski definition) is 0. The Morgan fingerprint density at radius 3 is 1.92 bits per heavy atom. The van der Waals surface area contributed by atoms with Crippen molar-refractivity contribution >= 4 is 28.3 Å². The van der Waals surface area contributed by atoms with Crippen LogP contribution in [0.1, 0.15) is 0 Å². The van der Waals surface area contributed by atoms with Crippen molar-refractivity contribution < 1.29 is 17.4 Å². The van der Waals surface area contributed by atoms with Gasteiger partial charge in [-0.25, -0.2) is 0 Å². The smallest absolute Gasteiger partial charge is 0.466 e. The summed E-state index contributed by atoms with van der Waals surface area (Å²) in [5.41, 5.74) is 0. The van der Waals surface area contributed by atoms with Crippen LogP contribution in [0, 0.1) is 0 Å². The molecule has 0 rings (SSSR count). The zero-order valence-corrected chi connectivity index (χ0v) is 13.3. The molecule has 1 unspecified atom stereocenters. The lowest BCUT2D eigenvalue weighted by molar-refractivity contribution is 0.125. The third-order valence-electron chi connectivity index (χ3n) is 2.19. The Morgan fingerprint density at radius 1 is 1.15 bits per heavy atom. The molecule has 80 valence electrons. The van der Waals surface area contributed by atoms with Gasteiger partial charge >= 0.3 is 8.80 Å². The molecule has 0 aliphatic heterocycles. The molecular weight excluding hydrogens is 220 g/mol. The standard InChI is InChI=1S/C6H20O4Si3/c1-7-13(8-2,9-3)6-5-12(4)10-11/h12H,5-6H2,1-4,11H3. The van der Waals surface area contributed by atoms with E-state index in [1.54, 1.807) is 21.3 Å². The topological polar surface area (TPSA) is 36.9 Å². The molecule has 0 radical (unpaired) electrons. The van der Waals surface area contributed by atoms with Crippen LogP contribution in [0.4, 0.5) is 0 Å². The molecule has 0 aromatic rings. The summed E-state index contributed by atoms with van der Waals surface area (Å²) in [5.74, 6) is 0. The normalized spacial score (nSPS) is 14.8. The van der Waals surface area contributed by atoms with Crippen molar-refractivity contribution in [2.24, 2.45) is 0 Å². The van der Waals surface area contributed by atoms with Crippen LogP contribution in [0.2, 0.25) is 18.6 Å². The van der Waals surface area contributed by atoms with E-state index in [1.807, 2.05) is 0 Å². The summed E-state index contributed by atoms with van der Waals surface area (Å²) in [5, 5.41) is 0. The minimum Gasteiger partial charge on any atom is -0.466 e. The van der Waals surface area contributed by atoms with Gasteiger partial charge < -0.3 is 17.4 Å². The number of rotatable bonds is 7. The lowest BCUT2D eigenvalue weighted by atomic mass is 10.9. The summed E-state index contributed by atoms with van der Waals surface area (Å²) >= 11 is 0. The first-order valence-corrected chi connectivity index (χ1v) is 9.51. The fourth-order valence-electron chi connectivity index (χ4n) is 1.05. The van der Waals surface area contributed by atoms with Gasteiger partial charge in [-0.3, -0.25) is 0 Å². The molecule has 0 amide bonds. The highest BCUT2D eigenvalue weighted by atomic mass is 28.4. The molecule has 4 nitrogen and oxygen atoms in total. The van der Waals surface area contributed by atoms with Crippen LogP contribution in [-0.2, 0) is 17.4 Å². The van der Waals surface area contributed by atoms with Crippen LogP contribution < -0.4 is 0 Å². The summed E-state index contributed by atoms with van der Waals surface area (Å²) in [6, 6.07) is 1.93. The predicted molar refractivity (Wildman–Crippen MR) is 60.4 cm³/mol. The van der Waals surface area contributed by atoms with Crippen LogP contribution in [0.15, 0.2) is 0 Å². The molecule has 0 saturated heterocycles. The van der Waals surface area contributed by atoms with E-state index in [1.165, 1.54) is 0 Å². The largest absolute Gasteiger partial charge is 0.499 e. The maximum absolute atomic E-state index is 5.41. The van der Waals surface area contributed by atoms with Crippen LogP contribution in [0.3, 0.4) is 0 Å². The summed E-state index contributed by atoms with van der Waals surface area (Å²) in [4.78, 5) is 0. The van der Waals surface area contributed by atoms with E-state index in [0.717, 1.165) is 22.6 Å². The van der Waals surface area contributed by atoms with E-state index in [0.29, 0.717) is 0 Å². The van der Waals surface area contributed by atoms with Crippen LogP contribution in [0.25, 0.3) is 0 Å². The van der Waals surface area contributed by atoms with Gasteiger partial charge in [0.05, 0.1) is 0 Å². The second-order valence-electron chi connectivity index (χ2n) is 2.88. The van der Waals surface area contributed by atoms with Crippen LogP contribution >= 0.6 is 0 Å². The lowest BCUT2D eigenvalue weighted by Crippen LogP contribution is -2.43. The first-order chi connectivity index (χ1) is 6.14. The Labute approximate surface area is 86.2 Å². The van der Waals surface area contributed by atoms with Crippen molar-refractivity contribution in [1.29, 1.82) is 0 Å². The number of hydrogen-bond acceptors (Lipinski definition) is 4. The summed E-state index contributed by atoms with van der Waals surface area (Å²) in [7, 11) is 2.48. The molecule has 7 heteroatoms. The summed E-state index contributed by atoms with van der Waals surface area (Å²) in [6.45, 7) is 2.19.